The first-order valence-corrected chi connectivity index (χ1v) is 9.04. The van der Waals surface area contributed by atoms with E-state index in [1.54, 1.807) is 0 Å². The molecule has 1 aliphatic carbocycles. The molecule has 1 N–H and O–H groups in total. The van der Waals surface area contributed by atoms with Crippen LogP contribution in [0.3, 0.4) is 0 Å². The Balaban J connectivity index is 1.43. The first-order chi connectivity index (χ1) is 11.8. The molecule has 4 nitrogen and oxygen atoms in total. The lowest BCUT2D eigenvalue weighted by molar-refractivity contribution is -0.0238. The SMILES string of the molecule is Cc1ccc(C2OCCCC2CNc2ccnc(C3CC3)n2)cc1. The van der Waals surface area contributed by atoms with Crippen molar-refractivity contribution in [3.8, 4) is 0 Å². The third-order valence-electron chi connectivity index (χ3n) is 5.01. The number of aromatic nitrogens is 2. The molecule has 4 rings (SSSR count). The standard InChI is InChI=1S/C20H25N3O/c1-14-4-6-15(7-5-14)19-17(3-2-12-24-19)13-22-18-10-11-21-20(23-18)16-8-9-16/h4-7,10-11,16-17,19H,2-3,8-9,12-13H2,1H3,(H,21,22,23). The molecule has 0 spiro atoms. The van der Waals surface area contributed by atoms with E-state index in [1.165, 1.54) is 30.4 Å². The van der Waals surface area contributed by atoms with Crippen molar-refractivity contribution in [2.24, 2.45) is 5.92 Å². The van der Waals surface area contributed by atoms with E-state index in [2.05, 4.69) is 46.5 Å². The van der Waals surface area contributed by atoms with Gasteiger partial charge in [0, 0.05) is 31.2 Å². The summed E-state index contributed by atoms with van der Waals surface area (Å²) in [5, 5.41) is 3.52. The van der Waals surface area contributed by atoms with Crippen LogP contribution in [0.15, 0.2) is 36.5 Å². The van der Waals surface area contributed by atoms with Gasteiger partial charge in [-0.05, 0) is 44.2 Å². The second kappa shape index (κ2) is 6.89. The van der Waals surface area contributed by atoms with Crippen molar-refractivity contribution in [1.29, 1.82) is 0 Å². The van der Waals surface area contributed by atoms with Crippen LogP contribution in [0.2, 0.25) is 0 Å². The van der Waals surface area contributed by atoms with Crippen LogP contribution in [0.1, 0.15) is 54.7 Å². The summed E-state index contributed by atoms with van der Waals surface area (Å²) in [4.78, 5) is 9.06. The number of aryl methyl sites for hydroxylation is 1. The Morgan fingerprint density at radius 1 is 1.12 bits per heavy atom. The highest BCUT2D eigenvalue weighted by Crippen LogP contribution is 2.38. The highest BCUT2D eigenvalue weighted by Gasteiger charge is 2.28. The highest BCUT2D eigenvalue weighted by atomic mass is 16.5. The second-order valence-electron chi connectivity index (χ2n) is 7.06. The number of benzene rings is 1. The Morgan fingerprint density at radius 2 is 1.96 bits per heavy atom. The summed E-state index contributed by atoms with van der Waals surface area (Å²) in [6.07, 6.45) is 6.83. The lowest BCUT2D eigenvalue weighted by Gasteiger charge is -2.32. The molecule has 2 aliphatic rings. The van der Waals surface area contributed by atoms with Gasteiger partial charge in [-0.15, -0.1) is 0 Å². The van der Waals surface area contributed by atoms with Crippen LogP contribution in [-0.4, -0.2) is 23.1 Å². The molecule has 0 bridgehead atoms. The molecule has 2 heterocycles. The minimum atomic E-state index is 0.177. The maximum atomic E-state index is 6.10. The van der Waals surface area contributed by atoms with Crippen LogP contribution in [0, 0.1) is 12.8 Å². The van der Waals surface area contributed by atoms with E-state index in [-0.39, 0.29) is 6.10 Å². The van der Waals surface area contributed by atoms with Crippen LogP contribution in [0.4, 0.5) is 5.82 Å². The monoisotopic (exact) mass is 323 g/mol. The predicted molar refractivity (Wildman–Crippen MR) is 95.1 cm³/mol. The van der Waals surface area contributed by atoms with E-state index < -0.39 is 0 Å². The van der Waals surface area contributed by atoms with Gasteiger partial charge < -0.3 is 10.1 Å². The number of hydrogen-bond donors (Lipinski definition) is 1. The van der Waals surface area contributed by atoms with Crippen molar-refractivity contribution in [1.82, 2.24) is 9.97 Å². The van der Waals surface area contributed by atoms with E-state index in [1.807, 2.05) is 12.3 Å². The molecule has 1 saturated heterocycles. The smallest absolute Gasteiger partial charge is 0.133 e. The Labute approximate surface area is 143 Å². The second-order valence-corrected chi connectivity index (χ2v) is 7.06. The molecule has 0 amide bonds. The normalized spacial score (nSPS) is 23.9. The van der Waals surface area contributed by atoms with E-state index in [0.717, 1.165) is 31.2 Å². The van der Waals surface area contributed by atoms with Crippen molar-refractivity contribution in [2.45, 2.75) is 44.6 Å². The molecule has 24 heavy (non-hydrogen) atoms. The van der Waals surface area contributed by atoms with Gasteiger partial charge in [-0.25, -0.2) is 9.97 Å². The molecular weight excluding hydrogens is 298 g/mol. The quantitative estimate of drug-likeness (QED) is 0.894. The highest BCUT2D eigenvalue weighted by molar-refractivity contribution is 5.34. The third kappa shape index (κ3) is 3.59. The maximum Gasteiger partial charge on any atom is 0.133 e. The lowest BCUT2D eigenvalue weighted by atomic mass is 9.89. The fourth-order valence-corrected chi connectivity index (χ4v) is 3.42. The van der Waals surface area contributed by atoms with Crippen LogP contribution in [-0.2, 0) is 4.74 Å². The Bertz CT molecular complexity index is 682. The van der Waals surface area contributed by atoms with Crippen molar-refractivity contribution >= 4 is 5.82 Å². The van der Waals surface area contributed by atoms with Gasteiger partial charge in [0.2, 0.25) is 0 Å². The first kappa shape index (κ1) is 15.6. The summed E-state index contributed by atoms with van der Waals surface area (Å²) in [5.41, 5.74) is 2.58. The number of rotatable bonds is 5. The maximum absolute atomic E-state index is 6.10. The van der Waals surface area contributed by atoms with E-state index in [9.17, 15) is 0 Å². The molecule has 1 aromatic heterocycles. The van der Waals surface area contributed by atoms with Crippen molar-refractivity contribution in [3.05, 3.63) is 53.5 Å². The first-order valence-electron chi connectivity index (χ1n) is 9.04. The van der Waals surface area contributed by atoms with Gasteiger partial charge in [0.15, 0.2) is 0 Å². The summed E-state index contributed by atoms with van der Waals surface area (Å²) in [7, 11) is 0. The summed E-state index contributed by atoms with van der Waals surface area (Å²) < 4.78 is 6.10. The van der Waals surface area contributed by atoms with Gasteiger partial charge >= 0.3 is 0 Å². The van der Waals surface area contributed by atoms with Crippen LogP contribution < -0.4 is 5.32 Å². The third-order valence-corrected chi connectivity index (χ3v) is 5.01. The van der Waals surface area contributed by atoms with Gasteiger partial charge in [0.1, 0.15) is 11.6 Å². The molecular formula is C20H25N3O. The topological polar surface area (TPSA) is 47.0 Å². The number of nitrogens with one attached hydrogen (secondary N) is 1. The summed E-state index contributed by atoms with van der Waals surface area (Å²) in [6, 6.07) is 10.7. The van der Waals surface area contributed by atoms with Crippen LogP contribution in [0.5, 0.6) is 0 Å². The van der Waals surface area contributed by atoms with Gasteiger partial charge in [0.25, 0.3) is 0 Å². The van der Waals surface area contributed by atoms with E-state index >= 15 is 0 Å². The number of nitrogens with zero attached hydrogens (tertiary/aromatic N) is 2. The zero-order valence-corrected chi connectivity index (χ0v) is 14.2. The molecule has 2 fully saturated rings. The largest absolute Gasteiger partial charge is 0.373 e. The van der Waals surface area contributed by atoms with Crippen LogP contribution >= 0.6 is 0 Å². The molecule has 126 valence electrons. The Hall–Kier alpha value is -1.94. The summed E-state index contributed by atoms with van der Waals surface area (Å²) >= 11 is 0. The van der Waals surface area contributed by atoms with Gasteiger partial charge in [0.05, 0.1) is 6.10 Å². The van der Waals surface area contributed by atoms with E-state index in [4.69, 9.17) is 4.74 Å². The van der Waals surface area contributed by atoms with Gasteiger partial charge in [-0.3, -0.25) is 0 Å². The zero-order chi connectivity index (χ0) is 16.4. The zero-order valence-electron chi connectivity index (χ0n) is 14.2. The minimum absolute atomic E-state index is 0.177. The van der Waals surface area contributed by atoms with E-state index in [0.29, 0.717) is 11.8 Å². The molecule has 4 heteroatoms. The molecule has 1 aromatic carbocycles. The molecule has 1 saturated carbocycles. The Morgan fingerprint density at radius 3 is 2.75 bits per heavy atom. The molecule has 2 aromatic rings. The minimum Gasteiger partial charge on any atom is -0.373 e. The summed E-state index contributed by atoms with van der Waals surface area (Å²) in [6.45, 7) is 3.87. The predicted octanol–water partition coefficient (Wildman–Crippen LogP) is 4.24. The van der Waals surface area contributed by atoms with Crippen molar-refractivity contribution in [3.63, 3.8) is 0 Å². The number of hydrogen-bond acceptors (Lipinski definition) is 4. The molecule has 2 atom stereocenters. The van der Waals surface area contributed by atoms with Crippen LogP contribution in [0.25, 0.3) is 0 Å². The fourth-order valence-electron chi connectivity index (χ4n) is 3.42. The molecule has 0 radical (unpaired) electrons. The number of ether oxygens (including phenoxy) is 1. The van der Waals surface area contributed by atoms with Crippen molar-refractivity contribution < 1.29 is 4.74 Å². The fraction of sp³-hybridized carbons (Fsp3) is 0.500. The average Bonchev–Trinajstić information content (AvgIpc) is 3.46. The lowest BCUT2D eigenvalue weighted by Crippen LogP contribution is -2.28. The molecule has 2 unspecified atom stereocenters. The summed E-state index contributed by atoms with van der Waals surface area (Å²) in [5.74, 6) is 3.00. The Kier molecular flexibility index (Phi) is 4.48. The van der Waals surface area contributed by atoms with Gasteiger partial charge in [-0.2, -0.15) is 0 Å². The van der Waals surface area contributed by atoms with Gasteiger partial charge in [-0.1, -0.05) is 29.8 Å². The average molecular weight is 323 g/mol. The van der Waals surface area contributed by atoms with Crippen molar-refractivity contribution in [2.75, 3.05) is 18.5 Å². The number of anilines is 1. The molecule has 1 aliphatic heterocycles.